The summed E-state index contributed by atoms with van der Waals surface area (Å²) < 4.78 is 6.25. The fourth-order valence-electron chi connectivity index (χ4n) is 5.01. The van der Waals surface area contributed by atoms with Gasteiger partial charge < -0.3 is 9.64 Å². The number of thiazole rings is 1. The summed E-state index contributed by atoms with van der Waals surface area (Å²) in [6.07, 6.45) is 3.45. The zero-order chi connectivity index (χ0) is 22.2. The number of carbonyl (C=O) groups excluding carboxylic acids is 1. The van der Waals surface area contributed by atoms with E-state index in [-0.39, 0.29) is 5.91 Å². The van der Waals surface area contributed by atoms with Crippen LogP contribution in [0.25, 0.3) is 10.6 Å². The monoisotopic (exact) mass is 454 g/mol. The maximum absolute atomic E-state index is 11.7. The van der Waals surface area contributed by atoms with Crippen molar-refractivity contribution in [2.45, 2.75) is 64.8 Å². The van der Waals surface area contributed by atoms with Crippen LogP contribution in [0.2, 0.25) is 0 Å². The second-order valence-electron chi connectivity index (χ2n) is 9.63. The van der Waals surface area contributed by atoms with Crippen molar-refractivity contribution in [3.05, 3.63) is 34.8 Å². The fraction of sp³-hybridized carbons (Fsp3) is 0.600. The molecule has 1 aliphatic carbocycles. The summed E-state index contributed by atoms with van der Waals surface area (Å²) >= 11 is 1.71. The number of piperazine rings is 1. The molecule has 172 valence electrons. The molecule has 0 N–H and O–H groups in total. The molecule has 0 bridgehead atoms. The number of carbonyl (C=O) groups is 1. The molecule has 0 spiro atoms. The van der Waals surface area contributed by atoms with Crippen molar-refractivity contribution in [1.82, 2.24) is 19.7 Å². The molecular weight excluding hydrogens is 420 g/mol. The molecule has 2 aromatic rings. The highest BCUT2D eigenvalue weighted by Crippen LogP contribution is 2.34. The lowest BCUT2D eigenvalue weighted by atomic mass is 9.87. The molecule has 1 amide bonds. The molecule has 0 radical (unpaired) electrons. The Bertz CT molecular complexity index is 943. The molecule has 5 rings (SSSR count). The van der Waals surface area contributed by atoms with Crippen LogP contribution in [0.1, 0.15) is 44.2 Å². The maximum Gasteiger partial charge on any atom is 0.219 e. The van der Waals surface area contributed by atoms with E-state index in [4.69, 9.17) is 9.72 Å². The molecule has 0 unspecified atom stereocenters. The molecule has 2 aliphatic heterocycles. The van der Waals surface area contributed by atoms with Gasteiger partial charge in [0.25, 0.3) is 0 Å². The molecule has 2 fully saturated rings. The summed E-state index contributed by atoms with van der Waals surface area (Å²) in [4.78, 5) is 24.9. The van der Waals surface area contributed by atoms with Gasteiger partial charge in [-0.2, -0.15) is 0 Å². The Labute approximate surface area is 195 Å². The molecule has 6 nitrogen and oxygen atoms in total. The van der Waals surface area contributed by atoms with Crippen molar-refractivity contribution in [1.29, 1.82) is 0 Å². The molecule has 7 heteroatoms. The maximum atomic E-state index is 11.7. The average molecular weight is 455 g/mol. The third-order valence-corrected chi connectivity index (χ3v) is 8.38. The van der Waals surface area contributed by atoms with E-state index in [0.717, 1.165) is 47.8 Å². The standard InChI is InChI=1S/C25H34N4O2S/c1-17(2)27-10-12-28(13-11-27)20-14-22(15-20)31-21-6-4-19(5-7-21)25-26-23-8-9-29(18(3)30)16-24(23)32-25/h4-7,17,20,22H,8-16H2,1-3H3. The first-order valence-corrected chi connectivity index (χ1v) is 12.8. The van der Waals surface area contributed by atoms with Gasteiger partial charge >= 0.3 is 0 Å². The van der Waals surface area contributed by atoms with Crippen LogP contribution < -0.4 is 4.74 Å². The smallest absolute Gasteiger partial charge is 0.219 e. The molecule has 1 aromatic carbocycles. The number of rotatable bonds is 5. The number of ether oxygens (including phenoxy) is 1. The molecule has 3 aliphatic rings. The number of fused-ring (bicyclic) bond motifs is 1. The van der Waals surface area contributed by atoms with Crippen LogP contribution in [-0.2, 0) is 17.8 Å². The quantitative estimate of drug-likeness (QED) is 0.690. The second kappa shape index (κ2) is 9.12. The second-order valence-corrected chi connectivity index (χ2v) is 10.7. The Balaban J connectivity index is 1.12. The van der Waals surface area contributed by atoms with Gasteiger partial charge in [0.05, 0.1) is 12.2 Å². The third-order valence-electron chi connectivity index (χ3n) is 7.25. The summed E-state index contributed by atoms with van der Waals surface area (Å²) in [5.41, 5.74) is 2.28. The molecule has 1 saturated carbocycles. The van der Waals surface area contributed by atoms with Gasteiger partial charge in [0.1, 0.15) is 16.9 Å². The van der Waals surface area contributed by atoms with E-state index in [0.29, 0.717) is 24.7 Å². The summed E-state index contributed by atoms with van der Waals surface area (Å²) in [5, 5.41) is 1.04. The number of hydrogen-bond acceptors (Lipinski definition) is 6. The SMILES string of the molecule is CC(=O)N1CCc2nc(-c3ccc(OC4CC(N5CCN(C(C)C)CC5)C4)cc3)sc2C1. The van der Waals surface area contributed by atoms with E-state index in [2.05, 4.69) is 47.9 Å². The van der Waals surface area contributed by atoms with Crippen molar-refractivity contribution in [2.75, 3.05) is 32.7 Å². The molecule has 32 heavy (non-hydrogen) atoms. The van der Waals surface area contributed by atoms with Gasteiger partial charge in [-0.3, -0.25) is 14.6 Å². The fourth-order valence-corrected chi connectivity index (χ4v) is 6.14. The van der Waals surface area contributed by atoms with Crippen LogP contribution in [0.4, 0.5) is 0 Å². The van der Waals surface area contributed by atoms with Crippen molar-refractivity contribution in [2.24, 2.45) is 0 Å². The summed E-state index contributed by atoms with van der Waals surface area (Å²) in [6.45, 7) is 12.4. The molecule has 3 heterocycles. The Morgan fingerprint density at radius 2 is 1.81 bits per heavy atom. The number of nitrogens with zero attached hydrogens (tertiary/aromatic N) is 4. The highest BCUT2D eigenvalue weighted by atomic mass is 32.1. The minimum atomic E-state index is 0.142. The first-order chi connectivity index (χ1) is 15.5. The van der Waals surface area contributed by atoms with Crippen LogP contribution >= 0.6 is 11.3 Å². The summed E-state index contributed by atoms with van der Waals surface area (Å²) in [7, 11) is 0. The Morgan fingerprint density at radius 1 is 1.09 bits per heavy atom. The highest BCUT2D eigenvalue weighted by molar-refractivity contribution is 7.15. The van der Waals surface area contributed by atoms with E-state index in [9.17, 15) is 4.79 Å². The zero-order valence-corrected chi connectivity index (χ0v) is 20.2. The lowest BCUT2D eigenvalue weighted by Gasteiger charge is -2.46. The van der Waals surface area contributed by atoms with Gasteiger partial charge in [0.2, 0.25) is 5.91 Å². The van der Waals surface area contributed by atoms with Gasteiger partial charge in [0, 0.05) is 81.4 Å². The lowest BCUT2D eigenvalue weighted by Crippen LogP contribution is -2.57. The number of amides is 1. The van der Waals surface area contributed by atoms with Crippen LogP contribution in [0, 0.1) is 0 Å². The predicted octanol–water partition coefficient (Wildman–Crippen LogP) is 3.65. The van der Waals surface area contributed by atoms with Gasteiger partial charge in [-0.1, -0.05) is 0 Å². The largest absolute Gasteiger partial charge is 0.490 e. The van der Waals surface area contributed by atoms with Crippen molar-refractivity contribution in [3.8, 4) is 16.3 Å². The predicted molar refractivity (Wildman–Crippen MR) is 128 cm³/mol. The molecule has 1 saturated heterocycles. The van der Waals surface area contributed by atoms with Crippen molar-refractivity contribution < 1.29 is 9.53 Å². The van der Waals surface area contributed by atoms with Gasteiger partial charge in [-0.05, 0) is 38.1 Å². The average Bonchev–Trinajstić information content (AvgIpc) is 3.20. The van der Waals surface area contributed by atoms with Crippen molar-refractivity contribution in [3.63, 3.8) is 0 Å². The molecule has 1 aromatic heterocycles. The number of aromatic nitrogens is 1. The van der Waals surface area contributed by atoms with Crippen LogP contribution in [-0.4, -0.2) is 76.5 Å². The first kappa shape index (κ1) is 21.9. The third kappa shape index (κ3) is 4.56. The Morgan fingerprint density at radius 3 is 2.47 bits per heavy atom. The van der Waals surface area contributed by atoms with Crippen LogP contribution in [0.5, 0.6) is 5.75 Å². The normalized spacial score (nSPS) is 24.3. The number of hydrogen-bond donors (Lipinski definition) is 0. The minimum Gasteiger partial charge on any atom is -0.490 e. The molecular formula is C25H34N4O2S. The summed E-state index contributed by atoms with van der Waals surface area (Å²) in [5.74, 6) is 1.09. The van der Waals surface area contributed by atoms with E-state index in [1.807, 2.05) is 4.90 Å². The van der Waals surface area contributed by atoms with Crippen LogP contribution in [0.15, 0.2) is 24.3 Å². The van der Waals surface area contributed by atoms with Gasteiger partial charge in [0.15, 0.2) is 0 Å². The van der Waals surface area contributed by atoms with Crippen molar-refractivity contribution >= 4 is 17.2 Å². The van der Waals surface area contributed by atoms with Gasteiger partial charge in [-0.15, -0.1) is 11.3 Å². The Kier molecular flexibility index (Phi) is 6.23. The first-order valence-electron chi connectivity index (χ1n) is 12.0. The lowest BCUT2D eigenvalue weighted by molar-refractivity contribution is -0.129. The minimum absolute atomic E-state index is 0.142. The van der Waals surface area contributed by atoms with E-state index in [1.165, 1.54) is 31.1 Å². The number of benzene rings is 1. The van der Waals surface area contributed by atoms with E-state index < -0.39 is 0 Å². The van der Waals surface area contributed by atoms with Gasteiger partial charge in [-0.25, -0.2) is 4.98 Å². The van der Waals surface area contributed by atoms with Crippen LogP contribution in [0.3, 0.4) is 0 Å². The summed E-state index contributed by atoms with van der Waals surface area (Å²) in [6, 6.07) is 9.72. The topological polar surface area (TPSA) is 48.9 Å². The van der Waals surface area contributed by atoms with E-state index >= 15 is 0 Å². The molecule has 0 atom stereocenters. The highest BCUT2D eigenvalue weighted by Gasteiger charge is 2.36. The van der Waals surface area contributed by atoms with E-state index in [1.54, 1.807) is 18.3 Å². The Hall–Kier alpha value is -1.96. The zero-order valence-electron chi connectivity index (χ0n) is 19.4.